The summed E-state index contributed by atoms with van der Waals surface area (Å²) in [6.07, 6.45) is -0.843. The van der Waals surface area contributed by atoms with Gasteiger partial charge in [-0.05, 0) is 0 Å². The summed E-state index contributed by atoms with van der Waals surface area (Å²) in [5, 5.41) is 0. The van der Waals surface area contributed by atoms with Crippen LogP contribution in [-0.2, 0) is 4.74 Å². The number of hydrogen-bond acceptors (Lipinski definition) is 2. The van der Waals surface area contributed by atoms with Crippen molar-refractivity contribution in [3.05, 3.63) is 0 Å². The number of primary amides is 1. The summed E-state index contributed by atoms with van der Waals surface area (Å²) >= 11 is 4.87. The minimum Gasteiger partial charge on any atom is -0.433 e. The minimum atomic E-state index is -0.843. The van der Waals surface area contributed by atoms with E-state index in [0.29, 0.717) is 0 Å². The maximum Gasteiger partial charge on any atom is 0.405 e. The maximum absolute atomic E-state index is 9.51. The normalized spacial score (nSPS) is 7.50. The van der Waals surface area contributed by atoms with Crippen LogP contribution in [0.1, 0.15) is 0 Å². The second kappa shape index (κ2) is 2.78. The molecule has 36 valence electrons. The summed E-state index contributed by atoms with van der Waals surface area (Å²) < 4.78 is 3.95. The van der Waals surface area contributed by atoms with E-state index in [1.807, 2.05) is 0 Å². The standard InChI is InChI=1S/C2H4ClNO2/c3-1-6-2(4)5/h1H2,(H2,4,5). The fraction of sp³-hybridized carbons (Fsp3) is 0.500. The number of rotatable bonds is 1. The lowest BCUT2D eigenvalue weighted by atomic mass is 11.2. The molecule has 0 heterocycles. The molecule has 0 fully saturated rings. The molecule has 1 amide bonds. The van der Waals surface area contributed by atoms with E-state index < -0.39 is 6.09 Å². The number of nitrogens with two attached hydrogens (primary N) is 1. The fourth-order valence-corrected chi connectivity index (χ4v) is 0.161. The summed E-state index contributed by atoms with van der Waals surface area (Å²) in [6, 6.07) is -0.171. The van der Waals surface area contributed by atoms with Crippen molar-refractivity contribution in [1.29, 1.82) is 0 Å². The Bertz CT molecular complexity index is 55.5. The lowest BCUT2D eigenvalue weighted by molar-refractivity contribution is 0.175. The number of alkyl halides is 1. The Balaban J connectivity index is 2.83. The lowest BCUT2D eigenvalue weighted by Crippen LogP contribution is -2.11. The summed E-state index contributed by atoms with van der Waals surface area (Å²) in [7, 11) is 0. The Morgan fingerprint density at radius 3 is 2.50 bits per heavy atom. The van der Waals surface area contributed by atoms with Crippen LogP contribution in [0.4, 0.5) is 4.79 Å². The van der Waals surface area contributed by atoms with Crippen LogP contribution in [0.25, 0.3) is 0 Å². The predicted octanol–water partition coefficient (Wildman–Crippen LogP) is 0.278. The Labute approximate surface area is 40.0 Å². The highest BCUT2D eigenvalue weighted by molar-refractivity contribution is 6.17. The van der Waals surface area contributed by atoms with Crippen LogP contribution in [0, 0.1) is 0 Å². The van der Waals surface area contributed by atoms with Crippen molar-refractivity contribution in [2.45, 2.75) is 0 Å². The average molecular weight is 110 g/mol. The van der Waals surface area contributed by atoms with Crippen molar-refractivity contribution in [2.24, 2.45) is 5.73 Å². The highest BCUT2D eigenvalue weighted by atomic mass is 35.5. The monoisotopic (exact) mass is 109 g/mol. The van der Waals surface area contributed by atoms with Gasteiger partial charge in [0.25, 0.3) is 0 Å². The van der Waals surface area contributed by atoms with Gasteiger partial charge in [-0.1, -0.05) is 11.6 Å². The van der Waals surface area contributed by atoms with Crippen molar-refractivity contribution in [2.75, 3.05) is 6.07 Å². The Kier molecular flexibility index (Phi) is 2.58. The molecular weight excluding hydrogens is 105 g/mol. The van der Waals surface area contributed by atoms with Gasteiger partial charge in [0.1, 0.15) is 0 Å². The number of carbonyl (C=O) groups is 1. The van der Waals surface area contributed by atoms with Gasteiger partial charge in [-0.25, -0.2) is 4.79 Å². The molecule has 0 saturated heterocycles. The van der Waals surface area contributed by atoms with E-state index in [0.717, 1.165) is 0 Å². The quantitative estimate of drug-likeness (QED) is 0.492. The smallest absolute Gasteiger partial charge is 0.405 e. The van der Waals surface area contributed by atoms with Gasteiger partial charge in [0.2, 0.25) is 0 Å². The molecule has 0 saturated carbocycles. The first-order valence-electron chi connectivity index (χ1n) is 1.25. The average Bonchev–Trinajstić information content (AvgIpc) is 1.35. The zero-order valence-electron chi connectivity index (χ0n) is 2.98. The summed E-state index contributed by atoms with van der Waals surface area (Å²) in [4.78, 5) is 9.51. The van der Waals surface area contributed by atoms with Crippen LogP contribution in [0.2, 0.25) is 0 Å². The Morgan fingerprint density at radius 2 is 2.50 bits per heavy atom. The number of ether oxygens (including phenoxy) is 1. The van der Waals surface area contributed by atoms with Crippen LogP contribution in [0.5, 0.6) is 0 Å². The van der Waals surface area contributed by atoms with Crippen molar-refractivity contribution in [3.8, 4) is 0 Å². The molecule has 0 aliphatic heterocycles. The second-order valence-electron chi connectivity index (χ2n) is 0.572. The third kappa shape index (κ3) is 3.56. The van der Waals surface area contributed by atoms with E-state index >= 15 is 0 Å². The molecule has 0 aliphatic carbocycles. The Hall–Kier alpha value is -0.440. The van der Waals surface area contributed by atoms with Gasteiger partial charge < -0.3 is 10.5 Å². The summed E-state index contributed by atoms with van der Waals surface area (Å²) in [5.74, 6) is 0. The molecule has 2 N–H and O–H groups in total. The largest absolute Gasteiger partial charge is 0.433 e. The maximum atomic E-state index is 9.51. The van der Waals surface area contributed by atoms with Crippen molar-refractivity contribution < 1.29 is 9.53 Å². The minimum absolute atomic E-state index is 0.171. The van der Waals surface area contributed by atoms with Crippen molar-refractivity contribution in [1.82, 2.24) is 0 Å². The van der Waals surface area contributed by atoms with E-state index in [9.17, 15) is 4.79 Å². The number of halogens is 1. The van der Waals surface area contributed by atoms with Crippen LogP contribution in [0.15, 0.2) is 0 Å². The molecule has 6 heavy (non-hydrogen) atoms. The number of amides is 1. The third-order valence-corrected chi connectivity index (χ3v) is 0.306. The highest BCUT2D eigenvalue weighted by Crippen LogP contribution is 1.74. The molecule has 0 aromatic carbocycles. The van der Waals surface area contributed by atoms with Gasteiger partial charge in [-0.3, -0.25) is 0 Å². The summed E-state index contributed by atoms with van der Waals surface area (Å²) in [5.41, 5.74) is 4.46. The lowest BCUT2D eigenvalue weighted by Gasteiger charge is -1.87. The van der Waals surface area contributed by atoms with Crippen molar-refractivity contribution >= 4 is 17.7 Å². The van der Waals surface area contributed by atoms with E-state index in [4.69, 9.17) is 11.6 Å². The number of carbonyl (C=O) groups excluding carboxylic acids is 1. The van der Waals surface area contributed by atoms with Crippen LogP contribution in [0.3, 0.4) is 0 Å². The van der Waals surface area contributed by atoms with Crippen LogP contribution in [-0.4, -0.2) is 12.2 Å². The Morgan fingerprint density at radius 1 is 2.00 bits per heavy atom. The molecular formula is C2H4ClNO2. The molecule has 0 spiro atoms. The molecule has 0 aromatic heterocycles. The molecule has 3 nitrogen and oxygen atoms in total. The van der Waals surface area contributed by atoms with Gasteiger partial charge in [0.15, 0.2) is 6.07 Å². The zero-order chi connectivity index (χ0) is 4.99. The topological polar surface area (TPSA) is 52.3 Å². The summed E-state index contributed by atoms with van der Waals surface area (Å²) in [6.45, 7) is 0. The third-order valence-electron chi connectivity index (χ3n) is 0.197. The first-order valence-corrected chi connectivity index (χ1v) is 1.79. The van der Waals surface area contributed by atoms with Gasteiger partial charge in [0.05, 0.1) is 0 Å². The predicted molar refractivity (Wildman–Crippen MR) is 21.4 cm³/mol. The van der Waals surface area contributed by atoms with Gasteiger partial charge in [-0.2, -0.15) is 0 Å². The molecule has 4 heteroatoms. The zero-order valence-corrected chi connectivity index (χ0v) is 3.73. The molecule has 0 rings (SSSR count). The van der Waals surface area contributed by atoms with E-state index in [-0.39, 0.29) is 6.07 Å². The molecule has 0 atom stereocenters. The molecule has 0 radical (unpaired) electrons. The van der Waals surface area contributed by atoms with E-state index in [2.05, 4.69) is 10.5 Å². The fourth-order valence-electron chi connectivity index (χ4n) is 0.0538. The van der Waals surface area contributed by atoms with Crippen LogP contribution >= 0.6 is 11.6 Å². The van der Waals surface area contributed by atoms with Gasteiger partial charge >= 0.3 is 6.09 Å². The first-order chi connectivity index (χ1) is 2.77. The van der Waals surface area contributed by atoms with Gasteiger partial charge in [-0.15, -0.1) is 0 Å². The highest BCUT2D eigenvalue weighted by Gasteiger charge is 1.83. The SMILES string of the molecule is NC(=O)OCCl. The van der Waals surface area contributed by atoms with Crippen LogP contribution < -0.4 is 5.73 Å². The molecule has 0 aliphatic rings. The molecule has 0 unspecified atom stereocenters. The molecule has 0 aromatic rings. The van der Waals surface area contributed by atoms with E-state index in [1.165, 1.54) is 0 Å². The van der Waals surface area contributed by atoms with Crippen molar-refractivity contribution in [3.63, 3.8) is 0 Å². The first kappa shape index (κ1) is 5.56. The van der Waals surface area contributed by atoms with E-state index in [1.54, 1.807) is 0 Å². The van der Waals surface area contributed by atoms with Gasteiger partial charge in [0, 0.05) is 0 Å². The molecule has 0 bridgehead atoms. The number of hydrogen-bond donors (Lipinski definition) is 1. The second-order valence-corrected chi connectivity index (χ2v) is 0.791.